The monoisotopic (exact) mass is 420 g/mol. The smallest absolute Gasteiger partial charge is 0.234 e. The van der Waals surface area contributed by atoms with E-state index in [2.05, 4.69) is 15.5 Å². The Kier molecular flexibility index (Phi) is 5.42. The summed E-state index contributed by atoms with van der Waals surface area (Å²) >= 11 is 25.0. The number of carbonyl (C=O) groups is 1. The molecule has 1 amide bonds. The summed E-state index contributed by atoms with van der Waals surface area (Å²) in [6.45, 7) is 0. The SMILES string of the molecule is O=C(CSc1nnc2c(Cl)cc(Cl)cn12)Nc1cc(Cl)cc(Cl)c1. The third kappa shape index (κ3) is 4.07. The molecule has 0 aliphatic carbocycles. The lowest BCUT2D eigenvalue weighted by Crippen LogP contribution is -2.14. The Morgan fingerprint density at radius 3 is 2.46 bits per heavy atom. The minimum atomic E-state index is -0.233. The van der Waals surface area contributed by atoms with Crippen LogP contribution >= 0.6 is 58.2 Å². The first-order valence-electron chi connectivity index (χ1n) is 6.51. The van der Waals surface area contributed by atoms with E-state index in [1.54, 1.807) is 34.9 Å². The van der Waals surface area contributed by atoms with Crippen LogP contribution in [0.3, 0.4) is 0 Å². The van der Waals surface area contributed by atoms with Gasteiger partial charge in [-0.1, -0.05) is 58.2 Å². The van der Waals surface area contributed by atoms with Crippen molar-refractivity contribution in [2.45, 2.75) is 5.16 Å². The van der Waals surface area contributed by atoms with Crippen LogP contribution in [0, 0.1) is 0 Å². The standard InChI is InChI=1S/C14H8Cl4N4OS/c15-7-1-8(16)3-10(2-7)19-12(23)6-24-14-21-20-13-11(18)4-9(17)5-22(13)14/h1-5H,6H2,(H,19,23). The lowest BCUT2D eigenvalue weighted by atomic mass is 10.3. The molecule has 0 saturated carbocycles. The number of benzene rings is 1. The number of aromatic nitrogens is 3. The average molecular weight is 422 g/mol. The van der Waals surface area contributed by atoms with Gasteiger partial charge in [-0.15, -0.1) is 10.2 Å². The number of hydrogen-bond acceptors (Lipinski definition) is 4. The highest BCUT2D eigenvalue weighted by Gasteiger charge is 2.12. The molecule has 0 atom stereocenters. The van der Waals surface area contributed by atoms with E-state index in [0.717, 1.165) is 0 Å². The van der Waals surface area contributed by atoms with Crippen molar-refractivity contribution in [1.29, 1.82) is 0 Å². The van der Waals surface area contributed by atoms with Crippen molar-refractivity contribution in [2.24, 2.45) is 0 Å². The summed E-state index contributed by atoms with van der Waals surface area (Å²) < 4.78 is 1.64. The van der Waals surface area contributed by atoms with E-state index in [4.69, 9.17) is 46.4 Å². The Bertz CT molecular complexity index is 910. The Morgan fingerprint density at radius 2 is 1.75 bits per heavy atom. The number of nitrogens with one attached hydrogen (secondary N) is 1. The highest BCUT2D eigenvalue weighted by molar-refractivity contribution is 7.99. The highest BCUT2D eigenvalue weighted by atomic mass is 35.5. The topological polar surface area (TPSA) is 59.3 Å². The molecule has 24 heavy (non-hydrogen) atoms. The normalized spacial score (nSPS) is 11.0. The summed E-state index contributed by atoms with van der Waals surface area (Å²) in [6, 6.07) is 6.39. The summed E-state index contributed by atoms with van der Waals surface area (Å²) in [7, 11) is 0. The number of carbonyl (C=O) groups excluding carboxylic acids is 1. The molecular weight excluding hydrogens is 414 g/mol. The van der Waals surface area contributed by atoms with Crippen LogP contribution < -0.4 is 5.32 Å². The van der Waals surface area contributed by atoms with Crippen LogP contribution in [0.1, 0.15) is 0 Å². The summed E-state index contributed by atoms with van der Waals surface area (Å²) in [6.07, 6.45) is 1.64. The van der Waals surface area contributed by atoms with Gasteiger partial charge in [0.1, 0.15) is 0 Å². The Morgan fingerprint density at radius 1 is 1.04 bits per heavy atom. The number of anilines is 1. The maximum Gasteiger partial charge on any atom is 0.234 e. The molecule has 5 nitrogen and oxygen atoms in total. The van der Waals surface area contributed by atoms with Crippen LogP contribution in [-0.4, -0.2) is 26.3 Å². The zero-order valence-corrected chi connectivity index (χ0v) is 15.6. The molecule has 0 spiro atoms. The summed E-state index contributed by atoms with van der Waals surface area (Å²) in [5.41, 5.74) is 1.00. The van der Waals surface area contributed by atoms with Crippen molar-refractivity contribution in [3.63, 3.8) is 0 Å². The molecule has 2 heterocycles. The molecule has 1 N–H and O–H groups in total. The lowest BCUT2D eigenvalue weighted by molar-refractivity contribution is -0.113. The molecule has 0 fully saturated rings. The second kappa shape index (κ2) is 7.37. The molecule has 0 radical (unpaired) electrons. The fourth-order valence-corrected chi connectivity index (χ4v) is 3.70. The fraction of sp³-hybridized carbons (Fsp3) is 0.0714. The third-order valence-corrected chi connectivity index (χ3v) is 4.74. The first-order valence-corrected chi connectivity index (χ1v) is 9.00. The second-order valence-corrected chi connectivity index (χ2v) is 7.34. The minimum Gasteiger partial charge on any atom is -0.325 e. The van der Waals surface area contributed by atoms with E-state index in [9.17, 15) is 4.79 Å². The van der Waals surface area contributed by atoms with E-state index >= 15 is 0 Å². The summed E-state index contributed by atoms with van der Waals surface area (Å²) in [5, 5.41) is 12.9. The zero-order valence-electron chi connectivity index (χ0n) is 11.8. The third-order valence-electron chi connectivity index (χ3n) is 2.87. The zero-order chi connectivity index (χ0) is 17.3. The van der Waals surface area contributed by atoms with Gasteiger partial charge in [0.15, 0.2) is 10.8 Å². The van der Waals surface area contributed by atoms with Crippen LogP contribution in [0.15, 0.2) is 35.6 Å². The lowest BCUT2D eigenvalue weighted by Gasteiger charge is -2.06. The predicted octanol–water partition coefficient (Wildman–Crippen LogP) is 5.07. The number of amides is 1. The number of nitrogens with zero attached hydrogens (tertiary/aromatic N) is 3. The van der Waals surface area contributed by atoms with Crippen molar-refractivity contribution >= 4 is 75.4 Å². The van der Waals surface area contributed by atoms with Gasteiger partial charge in [-0.2, -0.15) is 0 Å². The molecule has 0 unspecified atom stereocenters. The van der Waals surface area contributed by atoms with Crippen molar-refractivity contribution in [1.82, 2.24) is 14.6 Å². The van der Waals surface area contributed by atoms with Gasteiger partial charge in [-0.25, -0.2) is 0 Å². The molecule has 0 aliphatic heterocycles. The first kappa shape index (κ1) is 17.6. The van der Waals surface area contributed by atoms with Gasteiger partial charge >= 0.3 is 0 Å². The molecule has 0 bridgehead atoms. The molecule has 10 heteroatoms. The van der Waals surface area contributed by atoms with Gasteiger partial charge in [-0.05, 0) is 24.3 Å². The maximum absolute atomic E-state index is 12.1. The highest BCUT2D eigenvalue weighted by Crippen LogP contribution is 2.26. The van der Waals surface area contributed by atoms with Crippen LogP contribution in [0.4, 0.5) is 5.69 Å². The van der Waals surface area contributed by atoms with E-state index in [1.165, 1.54) is 11.8 Å². The first-order chi connectivity index (χ1) is 11.4. The van der Waals surface area contributed by atoms with Crippen molar-refractivity contribution in [2.75, 3.05) is 11.1 Å². The number of thioether (sulfide) groups is 1. The Balaban J connectivity index is 1.70. The number of hydrogen-bond donors (Lipinski definition) is 1. The molecule has 124 valence electrons. The molecule has 1 aromatic carbocycles. The summed E-state index contributed by atoms with van der Waals surface area (Å²) in [4.78, 5) is 12.1. The molecule has 3 aromatic rings. The molecule has 3 rings (SSSR count). The average Bonchev–Trinajstić information content (AvgIpc) is 2.87. The number of rotatable bonds is 4. The van der Waals surface area contributed by atoms with Crippen molar-refractivity contribution < 1.29 is 4.79 Å². The van der Waals surface area contributed by atoms with Gasteiger partial charge in [0.25, 0.3) is 0 Å². The molecular formula is C14H8Cl4N4OS. The maximum atomic E-state index is 12.1. The van der Waals surface area contributed by atoms with Crippen LogP contribution in [0.25, 0.3) is 5.65 Å². The summed E-state index contributed by atoms with van der Waals surface area (Å²) in [5.74, 6) is -0.113. The van der Waals surface area contributed by atoms with Gasteiger partial charge in [0, 0.05) is 21.9 Å². The molecule has 0 aliphatic rings. The van der Waals surface area contributed by atoms with Crippen molar-refractivity contribution in [3.8, 4) is 0 Å². The van der Waals surface area contributed by atoms with Gasteiger partial charge in [0.2, 0.25) is 5.91 Å². The number of halogens is 4. The predicted molar refractivity (Wildman–Crippen MR) is 98.8 cm³/mol. The molecule has 0 saturated heterocycles. The quantitative estimate of drug-likeness (QED) is 0.597. The van der Waals surface area contributed by atoms with E-state index < -0.39 is 0 Å². The largest absolute Gasteiger partial charge is 0.325 e. The number of fused-ring (bicyclic) bond motifs is 1. The van der Waals surface area contributed by atoms with Crippen LogP contribution in [0.2, 0.25) is 20.1 Å². The second-order valence-electron chi connectivity index (χ2n) is 4.68. The Hall–Kier alpha value is -1.18. The molecule has 2 aromatic heterocycles. The van der Waals surface area contributed by atoms with Gasteiger partial charge in [-0.3, -0.25) is 9.20 Å². The van der Waals surface area contributed by atoms with E-state index in [-0.39, 0.29) is 11.7 Å². The number of pyridine rings is 1. The van der Waals surface area contributed by atoms with Gasteiger partial charge in [0.05, 0.1) is 15.8 Å². The van der Waals surface area contributed by atoms with E-state index in [0.29, 0.717) is 36.6 Å². The van der Waals surface area contributed by atoms with Crippen molar-refractivity contribution in [3.05, 3.63) is 50.6 Å². The van der Waals surface area contributed by atoms with E-state index in [1.807, 2.05) is 0 Å². The van der Waals surface area contributed by atoms with Crippen LogP contribution in [-0.2, 0) is 4.79 Å². The van der Waals surface area contributed by atoms with Crippen LogP contribution in [0.5, 0.6) is 0 Å². The Labute approximate surface area is 161 Å². The minimum absolute atomic E-state index is 0.120. The van der Waals surface area contributed by atoms with Gasteiger partial charge < -0.3 is 5.32 Å². The fourth-order valence-electron chi connectivity index (χ4n) is 1.95.